The standard InChI is InChI=1S/C24H26N2O4S/c1-3-30-24(27)23(26-31(28,29)21-16-14-18(2)15-17-21)22(19-10-6-4-7-11-19)25-20-12-8-5-9-13-20/h4-17,22-23,25-26H,3H2,1-2H3/t22-,23+/m1/s1. The smallest absolute Gasteiger partial charge is 0.326 e. The minimum atomic E-state index is -3.98. The van der Waals surface area contributed by atoms with Crippen molar-refractivity contribution >= 4 is 21.7 Å². The summed E-state index contributed by atoms with van der Waals surface area (Å²) in [6.07, 6.45) is 0. The van der Waals surface area contributed by atoms with Crippen LogP contribution in [0.2, 0.25) is 0 Å². The minimum Gasteiger partial charge on any atom is -0.465 e. The van der Waals surface area contributed by atoms with Crippen LogP contribution in [0.5, 0.6) is 0 Å². The molecule has 0 aliphatic heterocycles. The summed E-state index contributed by atoms with van der Waals surface area (Å²) < 4.78 is 34.0. The van der Waals surface area contributed by atoms with Crippen molar-refractivity contribution in [2.75, 3.05) is 11.9 Å². The van der Waals surface area contributed by atoms with Crippen molar-refractivity contribution in [1.29, 1.82) is 0 Å². The Balaban J connectivity index is 2.02. The molecule has 0 aliphatic carbocycles. The van der Waals surface area contributed by atoms with Crippen LogP contribution in [-0.2, 0) is 19.6 Å². The third kappa shape index (κ3) is 5.93. The highest BCUT2D eigenvalue weighted by Gasteiger charge is 2.35. The Labute approximate surface area is 183 Å². The summed E-state index contributed by atoms with van der Waals surface area (Å²) in [5.41, 5.74) is 2.44. The minimum absolute atomic E-state index is 0.0823. The maximum atomic E-state index is 13.1. The van der Waals surface area contributed by atoms with Gasteiger partial charge in [-0.25, -0.2) is 8.42 Å². The van der Waals surface area contributed by atoms with E-state index in [9.17, 15) is 13.2 Å². The fourth-order valence-corrected chi connectivity index (χ4v) is 4.37. The number of anilines is 1. The number of sulfonamides is 1. The third-order valence-corrected chi connectivity index (χ3v) is 6.20. The lowest BCUT2D eigenvalue weighted by Gasteiger charge is -2.28. The zero-order valence-electron chi connectivity index (χ0n) is 17.5. The van der Waals surface area contributed by atoms with E-state index in [2.05, 4.69) is 10.0 Å². The largest absolute Gasteiger partial charge is 0.465 e. The molecule has 0 aromatic heterocycles. The molecule has 2 N–H and O–H groups in total. The molecule has 0 spiro atoms. The van der Waals surface area contributed by atoms with E-state index in [1.165, 1.54) is 12.1 Å². The van der Waals surface area contributed by atoms with E-state index in [4.69, 9.17) is 4.74 Å². The summed E-state index contributed by atoms with van der Waals surface area (Å²) in [6, 6.07) is 23.1. The van der Waals surface area contributed by atoms with Gasteiger partial charge in [0.05, 0.1) is 17.5 Å². The van der Waals surface area contributed by atoms with Crippen LogP contribution in [0.4, 0.5) is 5.69 Å². The van der Waals surface area contributed by atoms with Crippen LogP contribution in [0.25, 0.3) is 0 Å². The fourth-order valence-electron chi connectivity index (χ4n) is 3.17. The van der Waals surface area contributed by atoms with E-state index >= 15 is 0 Å². The predicted molar refractivity (Wildman–Crippen MR) is 121 cm³/mol. The zero-order chi connectivity index (χ0) is 22.3. The first-order chi connectivity index (χ1) is 14.9. The lowest BCUT2D eigenvalue weighted by atomic mass is 9.99. The number of para-hydroxylation sites is 1. The molecule has 3 aromatic rings. The number of carbonyl (C=O) groups excluding carboxylic acids is 1. The molecule has 7 heteroatoms. The molecule has 0 radical (unpaired) electrons. The Kier molecular flexibility index (Phi) is 7.44. The van der Waals surface area contributed by atoms with E-state index in [-0.39, 0.29) is 11.5 Å². The van der Waals surface area contributed by atoms with Gasteiger partial charge < -0.3 is 10.1 Å². The first-order valence-corrected chi connectivity index (χ1v) is 11.5. The molecular weight excluding hydrogens is 412 g/mol. The number of benzene rings is 3. The number of nitrogens with one attached hydrogen (secondary N) is 2. The van der Waals surface area contributed by atoms with Gasteiger partial charge in [-0.3, -0.25) is 4.79 Å². The summed E-state index contributed by atoms with van der Waals surface area (Å²) in [5.74, 6) is -0.657. The second-order valence-corrected chi connectivity index (χ2v) is 8.78. The SMILES string of the molecule is CCOC(=O)[C@@H](NS(=O)(=O)c1ccc(C)cc1)[C@H](Nc1ccccc1)c1ccccc1. The van der Waals surface area contributed by atoms with Gasteiger partial charge in [0.25, 0.3) is 0 Å². The molecule has 0 fully saturated rings. The second-order valence-electron chi connectivity index (χ2n) is 7.06. The molecule has 3 rings (SSSR count). The first kappa shape index (κ1) is 22.5. The highest BCUT2D eigenvalue weighted by molar-refractivity contribution is 7.89. The normalized spacial score (nSPS) is 13.2. The molecule has 0 bridgehead atoms. The van der Waals surface area contributed by atoms with Crippen molar-refractivity contribution in [3.05, 3.63) is 96.1 Å². The van der Waals surface area contributed by atoms with E-state index in [1.54, 1.807) is 19.1 Å². The molecule has 0 saturated heterocycles. The van der Waals surface area contributed by atoms with Crippen LogP contribution < -0.4 is 10.0 Å². The molecule has 0 amide bonds. The van der Waals surface area contributed by atoms with Gasteiger partial charge in [0.1, 0.15) is 6.04 Å². The first-order valence-electron chi connectivity index (χ1n) is 10.0. The van der Waals surface area contributed by atoms with E-state index < -0.39 is 28.1 Å². The predicted octanol–water partition coefficient (Wildman–Crippen LogP) is 4.06. The van der Waals surface area contributed by atoms with Gasteiger partial charge in [-0.15, -0.1) is 0 Å². The number of esters is 1. The quantitative estimate of drug-likeness (QED) is 0.492. The van der Waals surface area contributed by atoms with Crippen molar-refractivity contribution in [3.63, 3.8) is 0 Å². The lowest BCUT2D eigenvalue weighted by molar-refractivity contribution is -0.145. The van der Waals surface area contributed by atoms with Gasteiger partial charge >= 0.3 is 5.97 Å². The molecule has 6 nitrogen and oxygen atoms in total. The Morgan fingerprint density at radius 1 is 0.903 bits per heavy atom. The van der Waals surface area contributed by atoms with E-state index in [0.29, 0.717) is 0 Å². The molecule has 0 aliphatic rings. The average molecular weight is 439 g/mol. The number of carbonyl (C=O) groups is 1. The maximum Gasteiger partial charge on any atom is 0.326 e. The molecular formula is C24H26N2O4S. The van der Waals surface area contributed by atoms with Crippen LogP contribution in [0.15, 0.2) is 89.8 Å². The number of rotatable bonds is 9. The van der Waals surface area contributed by atoms with Gasteiger partial charge in [0.15, 0.2) is 0 Å². The topological polar surface area (TPSA) is 84.5 Å². The molecule has 0 saturated carbocycles. The molecule has 31 heavy (non-hydrogen) atoms. The number of hydrogen-bond donors (Lipinski definition) is 2. The van der Waals surface area contributed by atoms with Gasteiger partial charge in [-0.05, 0) is 43.7 Å². The summed E-state index contributed by atoms with van der Waals surface area (Å²) in [4.78, 5) is 13.0. The lowest BCUT2D eigenvalue weighted by Crippen LogP contribution is -2.48. The summed E-state index contributed by atoms with van der Waals surface area (Å²) in [7, 11) is -3.98. The number of hydrogen-bond acceptors (Lipinski definition) is 5. The van der Waals surface area contributed by atoms with Crippen LogP contribution in [0.3, 0.4) is 0 Å². The number of aryl methyl sites for hydroxylation is 1. The van der Waals surface area contributed by atoms with Crippen molar-refractivity contribution < 1.29 is 17.9 Å². The molecule has 2 atom stereocenters. The van der Waals surface area contributed by atoms with Gasteiger partial charge in [0.2, 0.25) is 10.0 Å². The van der Waals surface area contributed by atoms with Crippen LogP contribution >= 0.6 is 0 Å². The van der Waals surface area contributed by atoms with Crippen molar-refractivity contribution in [1.82, 2.24) is 4.72 Å². The zero-order valence-corrected chi connectivity index (χ0v) is 18.3. The summed E-state index contributed by atoms with van der Waals surface area (Å²) in [5, 5.41) is 3.29. The van der Waals surface area contributed by atoms with E-state index in [1.807, 2.05) is 67.6 Å². The fraction of sp³-hybridized carbons (Fsp3) is 0.208. The molecule has 162 valence electrons. The maximum absolute atomic E-state index is 13.1. The van der Waals surface area contributed by atoms with Crippen LogP contribution in [0, 0.1) is 6.92 Å². The molecule has 0 heterocycles. The summed E-state index contributed by atoms with van der Waals surface area (Å²) in [6.45, 7) is 3.69. The van der Waals surface area contributed by atoms with Crippen molar-refractivity contribution in [2.45, 2.75) is 30.8 Å². The van der Waals surface area contributed by atoms with Crippen molar-refractivity contribution in [2.24, 2.45) is 0 Å². The van der Waals surface area contributed by atoms with Gasteiger partial charge in [-0.1, -0.05) is 66.2 Å². The van der Waals surface area contributed by atoms with Crippen LogP contribution in [-0.4, -0.2) is 27.0 Å². The average Bonchev–Trinajstić information content (AvgIpc) is 2.78. The van der Waals surface area contributed by atoms with Gasteiger partial charge in [-0.2, -0.15) is 4.72 Å². The van der Waals surface area contributed by atoms with Crippen molar-refractivity contribution in [3.8, 4) is 0 Å². The van der Waals surface area contributed by atoms with Crippen LogP contribution in [0.1, 0.15) is 24.1 Å². The second kappa shape index (κ2) is 10.2. The van der Waals surface area contributed by atoms with Gasteiger partial charge in [0, 0.05) is 5.69 Å². The third-order valence-electron chi connectivity index (χ3n) is 4.74. The Morgan fingerprint density at radius 3 is 2.06 bits per heavy atom. The molecule has 0 unspecified atom stereocenters. The summed E-state index contributed by atoms with van der Waals surface area (Å²) >= 11 is 0. The Hall–Kier alpha value is -3.16. The number of ether oxygens (including phenoxy) is 1. The monoisotopic (exact) mass is 438 g/mol. The Bertz CT molecular complexity index is 1090. The molecule has 3 aromatic carbocycles. The van der Waals surface area contributed by atoms with E-state index in [0.717, 1.165) is 16.8 Å². The Morgan fingerprint density at radius 2 is 1.48 bits per heavy atom. The highest BCUT2D eigenvalue weighted by atomic mass is 32.2. The highest BCUT2D eigenvalue weighted by Crippen LogP contribution is 2.25.